The fourth-order valence-electron chi connectivity index (χ4n) is 7.84. The second-order valence-corrected chi connectivity index (χ2v) is 12.7. The molecule has 9 aromatic carbocycles. The number of hydrogen-bond donors (Lipinski definition) is 0. The van der Waals surface area contributed by atoms with Crippen molar-refractivity contribution in [2.45, 2.75) is 0 Å². The van der Waals surface area contributed by atoms with Crippen LogP contribution >= 0.6 is 0 Å². The van der Waals surface area contributed by atoms with Crippen LogP contribution in [0.2, 0.25) is 0 Å². The molecule has 0 aliphatic rings. The summed E-state index contributed by atoms with van der Waals surface area (Å²) in [6.07, 6.45) is 0. The van der Waals surface area contributed by atoms with E-state index in [9.17, 15) is 0 Å². The van der Waals surface area contributed by atoms with Crippen LogP contribution in [-0.2, 0) is 0 Å². The van der Waals surface area contributed by atoms with Crippen LogP contribution in [0.1, 0.15) is 0 Å². The van der Waals surface area contributed by atoms with Crippen molar-refractivity contribution in [3.8, 4) is 39.3 Å². The van der Waals surface area contributed by atoms with E-state index in [0.29, 0.717) is 0 Å². The van der Waals surface area contributed by atoms with Crippen LogP contribution < -0.4 is 0 Å². The van der Waals surface area contributed by atoms with Crippen LogP contribution in [0.25, 0.3) is 93.5 Å². The molecule has 1 heterocycles. The zero-order valence-electron chi connectivity index (χ0n) is 26.7. The number of para-hydroxylation sites is 2. The lowest BCUT2D eigenvalue weighted by atomic mass is 9.84. The molecular formula is C47H30N2. The van der Waals surface area contributed by atoms with Crippen molar-refractivity contribution in [3.05, 3.63) is 182 Å². The Labute approximate surface area is 284 Å². The molecular weight excluding hydrogens is 593 g/mol. The van der Waals surface area contributed by atoms with Gasteiger partial charge in [-0.2, -0.15) is 0 Å². The zero-order valence-corrected chi connectivity index (χ0v) is 26.7. The Hall–Kier alpha value is -6.51. The molecule has 0 N–H and O–H groups in total. The summed E-state index contributed by atoms with van der Waals surface area (Å²) in [7, 11) is 0. The molecule has 1 aromatic heterocycles. The molecule has 0 saturated carbocycles. The molecule has 0 aliphatic heterocycles. The lowest BCUT2D eigenvalue weighted by molar-refractivity contribution is 1.10. The van der Waals surface area contributed by atoms with E-state index in [0.717, 1.165) is 28.1 Å². The highest BCUT2D eigenvalue weighted by molar-refractivity contribution is 6.25. The fourth-order valence-corrected chi connectivity index (χ4v) is 7.84. The summed E-state index contributed by atoms with van der Waals surface area (Å²) < 4.78 is 2.28. The summed E-state index contributed by atoms with van der Waals surface area (Å²) in [5.74, 6) is 0.942. The summed E-state index contributed by atoms with van der Waals surface area (Å²) in [4.78, 5) is 5.06. The molecule has 0 amide bonds. The minimum atomic E-state index is 0.942. The van der Waals surface area contributed by atoms with Crippen molar-refractivity contribution in [2.24, 2.45) is 0 Å². The Morgan fingerprint density at radius 1 is 0.367 bits per heavy atom. The first-order chi connectivity index (χ1) is 24.3. The summed E-state index contributed by atoms with van der Waals surface area (Å²) >= 11 is 0. The van der Waals surface area contributed by atoms with Crippen LogP contribution in [-0.4, -0.2) is 9.55 Å². The Morgan fingerprint density at radius 2 is 0.898 bits per heavy atom. The quantitative estimate of drug-likeness (QED) is 0.141. The van der Waals surface area contributed by atoms with E-state index in [1.165, 1.54) is 65.3 Å². The lowest BCUT2D eigenvalue weighted by Crippen LogP contribution is -1.98. The normalized spacial score (nSPS) is 11.7. The van der Waals surface area contributed by atoms with E-state index in [2.05, 4.69) is 180 Å². The summed E-state index contributed by atoms with van der Waals surface area (Å²) in [6.45, 7) is 0. The van der Waals surface area contributed by atoms with Gasteiger partial charge in [0, 0.05) is 11.3 Å². The van der Waals surface area contributed by atoms with E-state index in [1.54, 1.807) is 0 Å². The molecule has 2 heteroatoms. The average molecular weight is 623 g/mol. The van der Waals surface area contributed by atoms with Gasteiger partial charge in [-0.3, -0.25) is 4.57 Å². The van der Waals surface area contributed by atoms with Gasteiger partial charge in [0.25, 0.3) is 0 Å². The molecule has 228 valence electrons. The standard InChI is InChI=1S/C47H30N2/c1-2-14-32(15-3-1)47-48-43-24-12-13-25-44(43)49(47)34-28-26-31(27-29-34)45-38-20-8-10-22-40(38)46(41-23-11-9-21-39(41)45)42-30-33-16-4-5-17-35(33)36-18-6-7-19-37(36)42/h1-30H. The van der Waals surface area contributed by atoms with Crippen molar-refractivity contribution in [1.82, 2.24) is 9.55 Å². The van der Waals surface area contributed by atoms with Gasteiger partial charge < -0.3 is 0 Å². The number of hydrogen-bond acceptors (Lipinski definition) is 1. The van der Waals surface area contributed by atoms with Gasteiger partial charge in [-0.25, -0.2) is 4.98 Å². The molecule has 0 aliphatic carbocycles. The van der Waals surface area contributed by atoms with E-state index in [4.69, 9.17) is 4.98 Å². The highest BCUT2D eigenvalue weighted by Crippen LogP contribution is 2.46. The molecule has 0 fully saturated rings. The molecule has 0 atom stereocenters. The van der Waals surface area contributed by atoms with Gasteiger partial charge >= 0.3 is 0 Å². The maximum absolute atomic E-state index is 5.06. The molecule has 0 saturated heterocycles. The first kappa shape index (κ1) is 27.6. The van der Waals surface area contributed by atoms with Crippen LogP contribution in [0.4, 0.5) is 0 Å². The maximum atomic E-state index is 5.06. The largest absolute Gasteiger partial charge is 0.292 e. The van der Waals surface area contributed by atoms with Gasteiger partial charge in [-0.05, 0) is 95.7 Å². The molecule has 0 spiro atoms. The van der Waals surface area contributed by atoms with Gasteiger partial charge in [-0.15, -0.1) is 0 Å². The number of nitrogens with zero attached hydrogens (tertiary/aromatic N) is 2. The number of rotatable bonds is 4. The third-order valence-electron chi connectivity index (χ3n) is 9.98. The van der Waals surface area contributed by atoms with Crippen molar-refractivity contribution in [1.29, 1.82) is 0 Å². The predicted molar refractivity (Wildman–Crippen MR) is 207 cm³/mol. The first-order valence-electron chi connectivity index (χ1n) is 16.8. The van der Waals surface area contributed by atoms with E-state index in [1.807, 2.05) is 6.07 Å². The molecule has 2 nitrogen and oxygen atoms in total. The maximum Gasteiger partial charge on any atom is 0.145 e. The molecule has 0 unspecified atom stereocenters. The van der Waals surface area contributed by atoms with E-state index < -0.39 is 0 Å². The SMILES string of the molecule is c1ccc(-c2nc3ccccc3n2-c2ccc(-c3c4ccccc4c(-c4cc5ccccc5c5ccccc45)c4ccccc34)cc2)cc1. The number of fused-ring (bicyclic) bond motifs is 6. The van der Waals surface area contributed by atoms with Gasteiger partial charge in [0.05, 0.1) is 11.0 Å². The third-order valence-corrected chi connectivity index (χ3v) is 9.98. The highest BCUT2D eigenvalue weighted by atomic mass is 15.1. The summed E-state index contributed by atoms with van der Waals surface area (Å²) in [5.41, 5.74) is 9.26. The van der Waals surface area contributed by atoms with Crippen molar-refractivity contribution in [3.63, 3.8) is 0 Å². The Bertz CT molecular complexity index is 2800. The van der Waals surface area contributed by atoms with Crippen LogP contribution in [0.15, 0.2) is 182 Å². The first-order valence-corrected chi connectivity index (χ1v) is 16.8. The van der Waals surface area contributed by atoms with Crippen molar-refractivity contribution < 1.29 is 0 Å². The van der Waals surface area contributed by atoms with Gasteiger partial charge in [0.15, 0.2) is 0 Å². The topological polar surface area (TPSA) is 17.8 Å². The molecule has 10 rings (SSSR count). The second-order valence-electron chi connectivity index (χ2n) is 12.7. The Balaban J connectivity index is 1.22. The third kappa shape index (κ3) is 4.31. The predicted octanol–water partition coefficient (Wildman–Crippen LogP) is 12.6. The lowest BCUT2D eigenvalue weighted by Gasteiger charge is -2.20. The smallest absolute Gasteiger partial charge is 0.145 e. The molecule has 10 aromatic rings. The van der Waals surface area contributed by atoms with Crippen LogP contribution in [0, 0.1) is 0 Å². The molecule has 0 radical (unpaired) electrons. The van der Waals surface area contributed by atoms with E-state index >= 15 is 0 Å². The monoisotopic (exact) mass is 622 g/mol. The summed E-state index contributed by atoms with van der Waals surface area (Å²) in [5, 5.41) is 10.1. The minimum Gasteiger partial charge on any atom is -0.292 e. The minimum absolute atomic E-state index is 0.942. The van der Waals surface area contributed by atoms with Crippen LogP contribution in [0.3, 0.4) is 0 Å². The molecule has 0 bridgehead atoms. The average Bonchev–Trinajstić information content (AvgIpc) is 3.57. The van der Waals surface area contributed by atoms with Gasteiger partial charge in [0.1, 0.15) is 5.82 Å². The number of aromatic nitrogens is 2. The van der Waals surface area contributed by atoms with Gasteiger partial charge in [-0.1, -0.05) is 152 Å². The van der Waals surface area contributed by atoms with E-state index in [-0.39, 0.29) is 0 Å². The van der Waals surface area contributed by atoms with Crippen LogP contribution in [0.5, 0.6) is 0 Å². The second kappa shape index (κ2) is 11.0. The van der Waals surface area contributed by atoms with Crippen molar-refractivity contribution in [2.75, 3.05) is 0 Å². The highest BCUT2D eigenvalue weighted by Gasteiger charge is 2.20. The Kier molecular flexibility index (Phi) is 6.22. The summed E-state index contributed by atoms with van der Waals surface area (Å²) in [6, 6.07) is 65.7. The van der Waals surface area contributed by atoms with Gasteiger partial charge in [0.2, 0.25) is 0 Å². The fraction of sp³-hybridized carbons (Fsp3) is 0. The number of imidazole rings is 1. The Morgan fingerprint density at radius 3 is 1.59 bits per heavy atom. The molecule has 49 heavy (non-hydrogen) atoms. The number of benzene rings is 9. The van der Waals surface area contributed by atoms with Crippen molar-refractivity contribution >= 4 is 54.1 Å². The zero-order chi connectivity index (χ0) is 32.3.